The van der Waals surface area contributed by atoms with Gasteiger partial charge in [-0.1, -0.05) is 20.8 Å². The molecule has 0 spiro atoms. The number of carbonyl (C=O) groups is 1. The molecule has 0 bridgehead atoms. The first-order chi connectivity index (χ1) is 6.49. The minimum Gasteiger partial charge on any atom is -0.550 e. The van der Waals surface area contributed by atoms with E-state index in [1.807, 2.05) is 0 Å². The molecule has 0 amide bonds. The number of aliphatic hydroxyl groups is 1. The van der Waals surface area contributed by atoms with E-state index in [1.54, 1.807) is 6.92 Å². The van der Waals surface area contributed by atoms with Crippen LogP contribution in [0.5, 0.6) is 0 Å². The van der Waals surface area contributed by atoms with E-state index in [0.29, 0.717) is 0 Å². The van der Waals surface area contributed by atoms with Crippen LogP contribution in [-0.4, -0.2) is 42.2 Å². The highest BCUT2D eigenvalue weighted by atomic mass is 16.4. The molecule has 14 heavy (non-hydrogen) atoms. The number of carbonyl (C=O) groups excluding carboxylic acids is 1. The summed E-state index contributed by atoms with van der Waals surface area (Å²) >= 11 is 0. The van der Waals surface area contributed by atoms with Gasteiger partial charge in [0.2, 0.25) is 0 Å². The van der Waals surface area contributed by atoms with Crippen LogP contribution in [0.3, 0.4) is 0 Å². The van der Waals surface area contributed by atoms with Gasteiger partial charge in [-0.25, -0.2) is 0 Å². The maximum atomic E-state index is 8.89. The highest BCUT2D eigenvalue weighted by Gasteiger charge is 1.89. The Morgan fingerprint density at radius 1 is 1.14 bits per heavy atom. The first-order valence-electron chi connectivity index (χ1n) is 5.00. The van der Waals surface area contributed by atoms with Crippen molar-refractivity contribution in [2.24, 2.45) is 0 Å². The van der Waals surface area contributed by atoms with E-state index in [2.05, 4.69) is 25.7 Å². The van der Waals surface area contributed by atoms with Crippen LogP contribution in [0.2, 0.25) is 0 Å². The molecule has 0 aromatic rings. The van der Waals surface area contributed by atoms with Gasteiger partial charge in [-0.3, -0.25) is 0 Å². The second-order valence-electron chi connectivity index (χ2n) is 2.43. The van der Waals surface area contributed by atoms with Crippen LogP contribution in [0.1, 0.15) is 34.6 Å². The van der Waals surface area contributed by atoms with Crippen molar-refractivity contribution in [1.82, 2.24) is 4.90 Å². The summed E-state index contributed by atoms with van der Waals surface area (Å²) in [5, 5.41) is 16.5. The van der Waals surface area contributed by atoms with Crippen molar-refractivity contribution in [2.75, 3.05) is 26.2 Å². The van der Waals surface area contributed by atoms with Crippen LogP contribution in [0.4, 0.5) is 0 Å². The Bertz CT molecular complexity index is 94.0. The maximum Gasteiger partial charge on any atom is 0.0402 e. The molecule has 0 rings (SSSR count). The van der Waals surface area contributed by atoms with E-state index in [4.69, 9.17) is 15.0 Å². The molecule has 0 unspecified atom stereocenters. The Morgan fingerprint density at radius 2 is 1.29 bits per heavy atom. The summed E-state index contributed by atoms with van der Waals surface area (Å²) in [5.41, 5.74) is 0. The van der Waals surface area contributed by atoms with Gasteiger partial charge >= 0.3 is 0 Å². The van der Waals surface area contributed by atoms with E-state index in [1.165, 1.54) is 19.6 Å². The zero-order valence-corrected chi connectivity index (χ0v) is 10.0. The minimum absolute atomic E-state index is 0.250. The van der Waals surface area contributed by atoms with Gasteiger partial charge in [-0.05, 0) is 33.5 Å². The molecule has 4 heteroatoms. The predicted octanol–water partition coefficient (Wildman–Crippen LogP) is 0.103. The summed E-state index contributed by atoms with van der Waals surface area (Å²) in [7, 11) is 0. The van der Waals surface area contributed by atoms with Gasteiger partial charge in [-0.15, -0.1) is 0 Å². The van der Waals surface area contributed by atoms with Crippen LogP contribution >= 0.6 is 0 Å². The fraction of sp³-hybridized carbons (Fsp3) is 0.900. The zero-order chi connectivity index (χ0) is 12.0. The second kappa shape index (κ2) is 18.2. The number of hydrogen-bond acceptors (Lipinski definition) is 4. The van der Waals surface area contributed by atoms with Crippen molar-refractivity contribution in [3.63, 3.8) is 0 Å². The third-order valence-corrected chi connectivity index (χ3v) is 1.34. The van der Waals surface area contributed by atoms with Crippen molar-refractivity contribution < 1.29 is 15.0 Å². The maximum absolute atomic E-state index is 8.89. The molecule has 0 atom stereocenters. The molecule has 0 aromatic carbocycles. The topological polar surface area (TPSA) is 63.6 Å². The molecular weight excluding hydrogens is 182 g/mol. The third kappa shape index (κ3) is 42.3. The van der Waals surface area contributed by atoms with Crippen LogP contribution < -0.4 is 5.11 Å². The number of nitrogens with zero attached hydrogens (tertiary/aromatic N) is 1. The van der Waals surface area contributed by atoms with E-state index in [-0.39, 0.29) is 6.61 Å². The minimum atomic E-state index is -1.08. The molecule has 4 nitrogen and oxygen atoms in total. The number of rotatable bonds is 3. The normalized spacial score (nSPS) is 8.21. The zero-order valence-electron chi connectivity index (χ0n) is 10.0. The summed E-state index contributed by atoms with van der Waals surface area (Å²) in [4.78, 5) is 11.3. The first kappa shape index (κ1) is 19.0. The highest BCUT2D eigenvalue weighted by Crippen LogP contribution is 1.81. The van der Waals surface area contributed by atoms with Gasteiger partial charge < -0.3 is 19.9 Å². The molecule has 0 heterocycles. The summed E-state index contributed by atoms with van der Waals surface area (Å²) < 4.78 is 0. The fourth-order valence-electron chi connectivity index (χ4n) is 0.671. The van der Waals surface area contributed by atoms with Crippen LogP contribution in [0.25, 0.3) is 0 Å². The number of carboxylic acids is 1. The molecule has 0 radical (unpaired) electrons. The Labute approximate surface area is 87.5 Å². The number of hydrogen-bond donors (Lipinski definition) is 1. The molecule has 0 aromatic heterocycles. The van der Waals surface area contributed by atoms with Crippen molar-refractivity contribution in [3.8, 4) is 0 Å². The largest absolute Gasteiger partial charge is 0.550 e. The van der Waals surface area contributed by atoms with Gasteiger partial charge in [0, 0.05) is 12.6 Å². The lowest BCUT2D eigenvalue weighted by Gasteiger charge is -2.13. The summed E-state index contributed by atoms with van der Waals surface area (Å²) in [6.45, 7) is 13.0. The van der Waals surface area contributed by atoms with Crippen molar-refractivity contribution in [2.45, 2.75) is 34.6 Å². The Kier molecular flexibility index (Phi) is 24.8. The van der Waals surface area contributed by atoms with Crippen LogP contribution in [-0.2, 0) is 4.79 Å². The van der Waals surface area contributed by atoms with Crippen molar-refractivity contribution >= 4 is 5.97 Å². The molecule has 0 saturated heterocycles. The lowest BCUT2D eigenvalue weighted by molar-refractivity contribution is -0.302. The average molecular weight is 206 g/mol. The van der Waals surface area contributed by atoms with E-state index in [0.717, 1.165) is 6.92 Å². The molecule has 0 aliphatic carbocycles. The van der Waals surface area contributed by atoms with Crippen molar-refractivity contribution in [3.05, 3.63) is 0 Å². The molecule has 1 N–H and O–H groups in total. The molecule has 88 valence electrons. The van der Waals surface area contributed by atoms with Gasteiger partial charge in [-0.2, -0.15) is 0 Å². The summed E-state index contributed by atoms with van der Waals surface area (Å²) in [5.74, 6) is -1.08. The van der Waals surface area contributed by atoms with Gasteiger partial charge in [0.1, 0.15) is 0 Å². The Balaban J connectivity index is -0.000000147. The quantitative estimate of drug-likeness (QED) is 0.711. The second-order valence-corrected chi connectivity index (χ2v) is 2.43. The Hall–Kier alpha value is -0.610. The Morgan fingerprint density at radius 3 is 1.29 bits per heavy atom. The van der Waals surface area contributed by atoms with Gasteiger partial charge in [0.05, 0.1) is 0 Å². The number of aliphatic hydroxyl groups excluding tert-OH is 1. The molecule has 0 aliphatic heterocycles. The fourth-order valence-corrected chi connectivity index (χ4v) is 0.671. The van der Waals surface area contributed by atoms with Gasteiger partial charge in [0.15, 0.2) is 0 Å². The number of carboxylic acid groups (broad SMARTS) is 1. The highest BCUT2D eigenvalue weighted by molar-refractivity contribution is 5.60. The van der Waals surface area contributed by atoms with Crippen LogP contribution in [0, 0.1) is 0 Å². The van der Waals surface area contributed by atoms with Crippen LogP contribution in [0.15, 0.2) is 0 Å². The predicted molar refractivity (Wildman–Crippen MR) is 56.9 cm³/mol. The summed E-state index contributed by atoms with van der Waals surface area (Å²) in [6.07, 6.45) is 0. The third-order valence-electron chi connectivity index (χ3n) is 1.34. The molecule has 0 aliphatic rings. The molecule has 0 saturated carbocycles. The lowest BCUT2D eigenvalue weighted by atomic mass is 10.5. The monoisotopic (exact) mass is 206 g/mol. The van der Waals surface area contributed by atoms with E-state index in [9.17, 15) is 0 Å². The molecule has 0 fully saturated rings. The van der Waals surface area contributed by atoms with Gasteiger partial charge in [0.25, 0.3) is 0 Å². The SMILES string of the molecule is CC(=O)[O-].CCN(CC)CC.CCO. The molecular formula is C10H24NO3-. The van der Waals surface area contributed by atoms with Crippen molar-refractivity contribution in [1.29, 1.82) is 0 Å². The standard InChI is InChI=1S/C6H15N.C2H4O2.C2H6O/c1-4-7(5-2)6-3;1-2(3)4;1-2-3/h4-6H2,1-3H3;1H3,(H,3,4);3H,2H2,1H3/p-1. The summed E-state index contributed by atoms with van der Waals surface area (Å²) in [6, 6.07) is 0. The number of aliphatic carboxylic acids is 1. The lowest BCUT2D eigenvalue weighted by Crippen LogP contribution is -2.21. The first-order valence-corrected chi connectivity index (χ1v) is 5.00. The average Bonchev–Trinajstić information content (AvgIpc) is 2.08. The van der Waals surface area contributed by atoms with E-state index >= 15 is 0 Å². The van der Waals surface area contributed by atoms with E-state index < -0.39 is 5.97 Å². The smallest absolute Gasteiger partial charge is 0.0402 e.